The molecule has 0 aromatic heterocycles. The third kappa shape index (κ3) is 4.20. The van der Waals surface area contributed by atoms with Crippen LogP contribution in [0.15, 0.2) is 48.5 Å². The Morgan fingerprint density at radius 1 is 1.06 bits per heavy atom. The highest BCUT2D eigenvalue weighted by Crippen LogP contribution is 2.44. The molecular formula is C25H28N2O5. The molecule has 0 bridgehead atoms. The van der Waals surface area contributed by atoms with Crippen LogP contribution in [-0.4, -0.2) is 41.3 Å². The number of hydrogen-bond acceptors (Lipinski definition) is 4. The Morgan fingerprint density at radius 2 is 1.66 bits per heavy atom. The Labute approximate surface area is 187 Å². The van der Waals surface area contributed by atoms with Gasteiger partial charge in [0.15, 0.2) is 0 Å². The van der Waals surface area contributed by atoms with Crippen molar-refractivity contribution in [2.24, 2.45) is 0 Å². The van der Waals surface area contributed by atoms with E-state index in [2.05, 4.69) is 34.9 Å². The summed E-state index contributed by atoms with van der Waals surface area (Å²) in [5, 5.41) is 14.8. The molecule has 2 aromatic rings. The number of benzene rings is 2. The molecule has 1 saturated carbocycles. The first-order chi connectivity index (χ1) is 15.4. The van der Waals surface area contributed by atoms with Gasteiger partial charge in [-0.2, -0.15) is 0 Å². The number of carboxylic acids is 1. The summed E-state index contributed by atoms with van der Waals surface area (Å²) in [5.41, 5.74) is 3.42. The normalized spacial score (nSPS) is 16.8. The number of alkyl carbamates (subject to hydrolysis) is 1. The van der Waals surface area contributed by atoms with Crippen molar-refractivity contribution in [3.05, 3.63) is 59.7 Å². The zero-order valence-electron chi connectivity index (χ0n) is 18.1. The number of amides is 2. The number of hydrogen-bond donors (Lipinski definition) is 3. The predicted octanol–water partition coefficient (Wildman–Crippen LogP) is 3.82. The Hall–Kier alpha value is -3.35. The zero-order chi connectivity index (χ0) is 22.7. The molecule has 2 amide bonds. The molecule has 2 aliphatic rings. The lowest BCUT2D eigenvalue weighted by molar-refractivity contribution is -0.151. The van der Waals surface area contributed by atoms with E-state index in [0.717, 1.165) is 28.7 Å². The summed E-state index contributed by atoms with van der Waals surface area (Å²) in [6.45, 7) is 2.06. The Kier molecular flexibility index (Phi) is 6.17. The van der Waals surface area contributed by atoms with Gasteiger partial charge in [-0.25, -0.2) is 9.59 Å². The lowest BCUT2D eigenvalue weighted by atomic mass is 9.76. The van der Waals surface area contributed by atoms with Gasteiger partial charge >= 0.3 is 12.1 Å². The van der Waals surface area contributed by atoms with Crippen molar-refractivity contribution in [2.75, 3.05) is 6.61 Å². The van der Waals surface area contributed by atoms with Crippen LogP contribution in [-0.2, 0) is 14.3 Å². The first-order valence-electron chi connectivity index (χ1n) is 11.1. The number of ether oxygens (including phenoxy) is 1. The molecule has 7 heteroatoms. The molecule has 0 aliphatic heterocycles. The van der Waals surface area contributed by atoms with Crippen molar-refractivity contribution >= 4 is 18.0 Å². The monoisotopic (exact) mass is 436 g/mol. The number of aliphatic carboxylic acids is 1. The minimum absolute atomic E-state index is 0.00965. The molecule has 0 saturated heterocycles. The highest BCUT2D eigenvalue weighted by atomic mass is 16.5. The molecule has 1 unspecified atom stereocenters. The van der Waals surface area contributed by atoms with Gasteiger partial charge in [0.25, 0.3) is 0 Å². The molecule has 3 N–H and O–H groups in total. The average Bonchev–Trinajstić information content (AvgIpc) is 3.08. The van der Waals surface area contributed by atoms with Crippen LogP contribution in [0.1, 0.15) is 56.1 Å². The Morgan fingerprint density at radius 3 is 2.16 bits per heavy atom. The predicted molar refractivity (Wildman–Crippen MR) is 119 cm³/mol. The number of fused-ring (bicyclic) bond motifs is 3. The standard InChI is InChI=1S/C25H28N2O5/c1-2-16(14-22(28)27-25(23(29)30)12-7-13-25)26-24(31)32-15-21-19-10-5-3-8-17(19)18-9-4-6-11-20(18)21/h3-6,8-11,16,21H,2,7,12-15H2,1H3,(H,26,31)(H,27,28)(H,29,30). The van der Waals surface area contributed by atoms with Crippen LogP contribution in [0.3, 0.4) is 0 Å². The van der Waals surface area contributed by atoms with Crippen molar-refractivity contribution < 1.29 is 24.2 Å². The van der Waals surface area contributed by atoms with Crippen molar-refractivity contribution in [3.63, 3.8) is 0 Å². The minimum Gasteiger partial charge on any atom is -0.480 e. The quantitative estimate of drug-likeness (QED) is 0.584. The van der Waals surface area contributed by atoms with E-state index in [4.69, 9.17) is 4.74 Å². The van der Waals surface area contributed by atoms with E-state index in [1.807, 2.05) is 31.2 Å². The summed E-state index contributed by atoms with van der Waals surface area (Å²) in [6.07, 6.45) is 1.60. The molecule has 0 radical (unpaired) electrons. The second-order valence-electron chi connectivity index (χ2n) is 8.57. The molecule has 32 heavy (non-hydrogen) atoms. The lowest BCUT2D eigenvalue weighted by Crippen LogP contribution is -2.59. The Balaban J connectivity index is 1.33. The maximum absolute atomic E-state index is 12.5. The van der Waals surface area contributed by atoms with Crippen LogP contribution in [0.5, 0.6) is 0 Å². The third-order valence-electron chi connectivity index (χ3n) is 6.59. The molecule has 1 atom stereocenters. The zero-order valence-corrected chi connectivity index (χ0v) is 18.1. The number of carbonyl (C=O) groups excluding carboxylic acids is 2. The van der Waals surface area contributed by atoms with Gasteiger partial charge in [-0.15, -0.1) is 0 Å². The molecule has 0 heterocycles. The maximum atomic E-state index is 12.5. The van der Waals surface area contributed by atoms with Crippen LogP contribution in [0, 0.1) is 0 Å². The fourth-order valence-electron chi connectivity index (χ4n) is 4.57. The molecule has 1 fully saturated rings. The van der Waals surface area contributed by atoms with E-state index >= 15 is 0 Å². The molecule has 4 rings (SSSR count). The number of nitrogens with one attached hydrogen (secondary N) is 2. The Bertz CT molecular complexity index is 985. The first-order valence-corrected chi connectivity index (χ1v) is 11.1. The number of carbonyl (C=O) groups is 3. The molecule has 0 spiro atoms. The van der Waals surface area contributed by atoms with Crippen LogP contribution in [0.4, 0.5) is 4.79 Å². The van der Waals surface area contributed by atoms with Gasteiger partial charge in [-0.1, -0.05) is 55.5 Å². The van der Waals surface area contributed by atoms with Gasteiger partial charge in [0.1, 0.15) is 12.1 Å². The van der Waals surface area contributed by atoms with E-state index in [1.54, 1.807) is 0 Å². The van der Waals surface area contributed by atoms with E-state index in [-0.39, 0.29) is 24.9 Å². The average molecular weight is 437 g/mol. The van der Waals surface area contributed by atoms with Crippen molar-refractivity contribution in [3.8, 4) is 11.1 Å². The van der Waals surface area contributed by atoms with Crippen molar-refractivity contribution in [1.82, 2.24) is 10.6 Å². The van der Waals surface area contributed by atoms with Crippen LogP contribution in [0.25, 0.3) is 11.1 Å². The van der Waals surface area contributed by atoms with Gasteiger partial charge in [0.2, 0.25) is 5.91 Å². The summed E-state index contributed by atoms with van der Waals surface area (Å²) in [7, 11) is 0. The highest BCUT2D eigenvalue weighted by molar-refractivity contribution is 5.88. The van der Waals surface area contributed by atoms with Crippen LogP contribution < -0.4 is 10.6 Å². The molecular weight excluding hydrogens is 408 g/mol. The smallest absolute Gasteiger partial charge is 0.407 e. The van der Waals surface area contributed by atoms with E-state index in [0.29, 0.717) is 19.3 Å². The molecule has 7 nitrogen and oxygen atoms in total. The molecule has 2 aliphatic carbocycles. The second-order valence-corrected chi connectivity index (χ2v) is 8.57. The fraction of sp³-hybridized carbons (Fsp3) is 0.400. The summed E-state index contributed by atoms with van der Waals surface area (Å²) in [4.78, 5) is 36.3. The third-order valence-corrected chi connectivity index (χ3v) is 6.59. The van der Waals surface area contributed by atoms with Crippen molar-refractivity contribution in [2.45, 2.75) is 56.5 Å². The van der Waals surface area contributed by atoms with Gasteiger partial charge in [-0.05, 0) is 47.9 Å². The first kappa shape index (κ1) is 21.9. The van der Waals surface area contributed by atoms with Gasteiger partial charge < -0.3 is 20.5 Å². The van der Waals surface area contributed by atoms with Crippen LogP contribution >= 0.6 is 0 Å². The van der Waals surface area contributed by atoms with Gasteiger partial charge in [0, 0.05) is 18.4 Å². The van der Waals surface area contributed by atoms with Crippen molar-refractivity contribution in [1.29, 1.82) is 0 Å². The summed E-state index contributed by atoms with van der Waals surface area (Å²) in [5.74, 6) is -1.42. The SMILES string of the molecule is CCC(CC(=O)NC1(C(=O)O)CCC1)NC(=O)OCC1c2ccccc2-c2ccccc21. The fourth-order valence-corrected chi connectivity index (χ4v) is 4.57. The number of carboxylic acid groups (broad SMARTS) is 1. The molecule has 2 aromatic carbocycles. The maximum Gasteiger partial charge on any atom is 0.407 e. The summed E-state index contributed by atoms with van der Waals surface area (Å²) in [6, 6.07) is 15.8. The van der Waals surface area contributed by atoms with E-state index in [1.165, 1.54) is 0 Å². The summed E-state index contributed by atoms with van der Waals surface area (Å²) < 4.78 is 5.55. The largest absolute Gasteiger partial charge is 0.480 e. The lowest BCUT2D eigenvalue weighted by Gasteiger charge is -2.38. The minimum atomic E-state index is -1.15. The topological polar surface area (TPSA) is 105 Å². The summed E-state index contributed by atoms with van der Waals surface area (Å²) >= 11 is 0. The van der Waals surface area contributed by atoms with Crippen LogP contribution in [0.2, 0.25) is 0 Å². The second kappa shape index (κ2) is 9.02. The van der Waals surface area contributed by atoms with E-state index in [9.17, 15) is 19.5 Å². The van der Waals surface area contributed by atoms with Gasteiger partial charge in [0.05, 0.1) is 0 Å². The highest BCUT2D eigenvalue weighted by Gasteiger charge is 2.45. The van der Waals surface area contributed by atoms with E-state index < -0.39 is 23.6 Å². The van der Waals surface area contributed by atoms with Gasteiger partial charge in [-0.3, -0.25) is 4.79 Å². The molecule has 168 valence electrons. The number of rotatable bonds is 8.